The number of anilines is 1. The van der Waals surface area contributed by atoms with Gasteiger partial charge < -0.3 is 10.6 Å². The highest BCUT2D eigenvalue weighted by molar-refractivity contribution is 5.47. The van der Waals surface area contributed by atoms with E-state index in [1.165, 1.54) is 32.1 Å². The fourth-order valence-electron chi connectivity index (χ4n) is 3.33. The normalized spacial score (nSPS) is 22.8. The Morgan fingerprint density at radius 3 is 2.65 bits per heavy atom. The Hall–Kier alpha value is -1.09. The van der Waals surface area contributed by atoms with E-state index < -0.39 is 0 Å². The SMILES string of the molecule is CCC1CCCC(N(CCCN)c2ccc(F)cc2)C1. The average molecular weight is 278 g/mol. The number of nitrogens with zero attached hydrogens (tertiary/aromatic N) is 1. The van der Waals surface area contributed by atoms with Gasteiger partial charge in [-0.3, -0.25) is 0 Å². The molecule has 0 saturated heterocycles. The first-order valence-corrected chi connectivity index (χ1v) is 7.96. The predicted molar refractivity (Wildman–Crippen MR) is 83.5 cm³/mol. The van der Waals surface area contributed by atoms with E-state index in [-0.39, 0.29) is 5.82 Å². The molecule has 0 aliphatic heterocycles. The number of nitrogens with two attached hydrogens (primary N) is 1. The zero-order chi connectivity index (χ0) is 14.4. The third-order valence-electron chi connectivity index (χ3n) is 4.53. The van der Waals surface area contributed by atoms with Gasteiger partial charge in [0.25, 0.3) is 0 Å². The Bertz CT molecular complexity index is 390. The van der Waals surface area contributed by atoms with Crippen molar-refractivity contribution in [3.05, 3.63) is 30.1 Å². The first kappa shape index (κ1) is 15.3. The minimum absolute atomic E-state index is 0.164. The highest BCUT2D eigenvalue weighted by Crippen LogP contribution is 2.32. The van der Waals surface area contributed by atoms with Gasteiger partial charge in [0.1, 0.15) is 5.82 Å². The molecular formula is C17H27FN2. The van der Waals surface area contributed by atoms with Gasteiger partial charge >= 0.3 is 0 Å². The van der Waals surface area contributed by atoms with Crippen LogP contribution in [-0.2, 0) is 0 Å². The van der Waals surface area contributed by atoms with E-state index >= 15 is 0 Å². The molecule has 2 rings (SSSR count). The maximum Gasteiger partial charge on any atom is 0.123 e. The van der Waals surface area contributed by atoms with E-state index in [9.17, 15) is 4.39 Å². The van der Waals surface area contributed by atoms with Gasteiger partial charge in [-0.15, -0.1) is 0 Å². The van der Waals surface area contributed by atoms with Crippen molar-refractivity contribution in [3.8, 4) is 0 Å². The Balaban J connectivity index is 2.11. The summed E-state index contributed by atoms with van der Waals surface area (Å²) < 4.78 is 13.1. The van der Waals surface area contributed by atoms with Gasteiger partial charge in [0, 0.05) is 18.3 Å². The van der Waals surface area contributed by atoms with Crippen LogP contribution in [0.2, 0.25) is 0 Å². The number of benzene rings is 1. The summed E-state index contributed by atoms with van der Waals surface area (Å²) in [5.41, 5.74) is 6.82. The third kappa shape index (κ3) is 3.95. The van der Waals surface area contributed by atoms with Crippen LogP contribution in [0, 0.1) is 11.7 Å². The van der Waals surface area contributed by atoms with E-state index in [4.69, 9.17) is 5.73 Å². The van der Waals surface area contributed by atoms with Crippen LogP contribution < -0.4 is 10.6 Å². The summed E-state index contributed by atoms with van der Waals surface area (Å²) in [6.45, 7) is 3.97. The number of halogens is 1. The first-order chi connectivity index (χ1) is 9.74. The van der Waals surface area contributed by atoms with E-state index in [0.717, 1.165) is 24.6 Å². The van der Waals surface area contributed by atoms with E-state index in [1.807, 2.05) is 12.1 Å². The number of hydrogen-bond donors (Lipinski definition) is 1. The maximum atomic E-state index is 13.1. The molecule has 1 aliphatic rings. The van der Waals surface area contributed by atoms with Crippen LogP contribution in [-0.4, -0.2) is 19.1 Å². The minimum Gasteiger partial charge on any atom is -0.368 e. The largest absolute Gasteiger partial charge is 0.368 e. The van der Waals surface area contributed by atoms with Crippen molar-refractivity contribution in [2.24, 2.45) is 11.7 Å². The zero-order valence-electron chi connectivity index (χ0n) is 12.5. The summed E-state index contributed by atoms with van der Waals surface area (Å²) in [4.78, 5) is 2.45. The number of hydrogen-bond acceptors (Lipinski definition) is 2. The molecular weight excluding hydrogens is 251 g/mol. The Labute approximate surface area is 122 Å². The highest BCUT2D eigenvalue weighted by Gasteiger charge is 2.25. The van der Waals surface area contributed by atoms with Gasteiger partial charge in [-0.05, 0) is 56.0 Å². The van der Waals surface area contributed by atoms with Crippen molar-refractivity contribution in [1.82, 2.24) is 0 Å². The fourth-order valence-corrected chi connectivity index (χ4v) is 3.33. The summed E-state index contributed by atoms with van der Waals surface area (Å²) in [5.74, 6) is 0.678. The molecule has 0 aromatic heterocycles. The smallest absolute Gasteiger partial charge is 0.123 e. The molecule has 1 aromatic carbocycles. The van der Waals surface area contributed by atoms with Gasteiger partial charge in [0.05, 0.1) is 0 Å². The molecule has 1 aromatic rings. The maximum absolute atomic E-state index is 13.1. The molecule has 0 radical (unpaired) electrons. The second-order valence-corrected chi connectivity index (χ2v) is 5.91. The van der Waals surface area contributed by atoms with Crippen LogP contribution in [0.3, 0.4) is 0 Å². The second-order valence-electron chi connectivity index (χ2n) is 5.91. The molecule has 1 fully saturated rings. The van der Waals surface area contributed by atoms with Crippen LogP contribution in [0.1, 0.15) is 45.4 Å². The lowest BCUT2D eigenvalue weighted by Crippen LogP contribution is -2.40. The van der Waals surface area contributed by atoms with Crippen LogP contribution in [0.5, 0.6) is 0 Å². The van der Waals surface area contributed by atoms with Gasteiger partial charge in [-0.25, -0.2) is 4.39 Å². The fraction of sp³-hybridized carbons (Fsp3) is 0.647. The van der Waals surface area contributed by atoms with Gasteiger partial charge in [0.15, 0.2) is 0 Å². The highest BCUT2D eigenvalue weighted by atomic mass is 19.1. The summed E-state index contributed by atoms with van der Waals surface area (Å²) in [6, 6.07) is 7.52. The molecule has 0 amide bonds. The molecule has 0 bridgehead atoms. The molecule has 20 heavy (non-hydrogen) atoms. The molecule has 112 valence electrons. The van der Waals surface area contributed by atoms with Crippen LogP contribution in [0.4, 0.5) is 10.1 Å². The third-order valence-corrected chi connectivity index (χ3v) is 4.53. The van der Waals surface area contributed by atoms with Crippen molar-refractivity contribution in [3.63, 3.8) is 0 Å². The van der Waals surface area contributed by atoms with E-state index in [1.54, 1.807) is 12.1 Å². The van der Waals surface area contributed by atoms with Gasteiger partial charge in [0.2, 0.25) is 0 Å². The van der Waals surface area contributed by atoms with Gasteiger partial charge in [-0.2, -0.15) is 0 Å². The quantitative estimate of drug-likeness (QED) is 0.853. The molecule has 2 atom stereocenters. The van der Waals surface area contributed by atoms with Crippen molar-refractivity contribution in [1.29, 1.82) is 0 Å². The van der Waals surface area contributed by atoms with E-state index in [0.29, 0.717) is 12.6 Å². The average Bonchev–Trinajstić information content (AvgIpc) is 2.49. The molecule has 2 unspecified atom stereocenters. The van der Waals surface area contributed by atoms with Gasteiger partial charge in [-0.1, -0.05) is 26.2 Å². The molecule has 0 spiro atoms. The van der Waals surface area contributed by atoms with Crippen molar-refractivity contribution in [2.45, 2.75) is 51.5 Å². The molecule has 0 heterocycles. The summed E-state index contributed by atoms with van der Waals surface area (Å²) in [7, 11) is 0. The summed E-state index contributed by atoms with van der Waals surface area (Å²) in [5, 5.41) is 0. The standard InChI is InChI=1S/C17H27FN2/c1-2-14-5-3-6-17(13-14)20(12-4-11-19)16-9-7-15(18)8-10-16/h7-10,14,17H,2-6,11-13,19H2,1H3. The van der Waals surface area contributed by atoms with Crippen molar-refractivity contribution >= 4 is 5.69 Å². The molecule has 2 nitrogen and oxygen atoms in total. The Morgan fingerprint density at radius 2 is 2.00 bits per heavy atom. The van der Waals surface area contributed by atoms with E-state index in [2.05, 4.69) is 11.8 Å². The molecule has 1 saturated carbocycles. The Morgan fingerprint density at radius 1 is 1.25 bits per heavy atom. The lowest BCUT2D eigenvalue weighted by atomic mass is 9.83. The van der Waals surface area contributed by atoms with Crippen molar-refractivity contribution < 1.29 is 4.39 Å². The monoisotopic (exact) mass is 278 g/mol. The lowest BCUT2D eigenvalue weighted by molar-refractivity contribution is 0.302. The summed E-state index contributed by atoms with van der Waals surface area (Å²) in [6.07, 6.45) is 7.44. The molecule has 3 heteroatoms. The lowest BCUT2D eigenvalue weighted by Gasteiger charge is -2.39. The van der Waals surface area contributed by atoms with Crippen LogP contribution in [0.15, 0.2) is 24.3 Å². The zero-order valence-corrected chi connectivity index (χ0v) is 12.5. The Kier molecular flexibility index (Phi) is 5.84. The molecule has 2 N–H and O–H groups in total. The molecule has 1 aliphatic carbocycles. The minimum atomic E-state index is -0.164. The first-order valence-electron chi connectivity index (χ1n) is 7.96. The summed E-state index contributed by atoms with van der Waals surface area (Å²) >= 11 is 0. The predicted octanol–water partition coefficient (Wildman–Crippen LogP) is 3.95. The topological polar surface area (TPSA) is 29.3 Å². The number of rotatable bonds is 6. The van der Waals surface area contributed by atoms with Crippen molar-refractivity contribution in [2.75, 3.05) is 18.0 Å². The van der Waals surface area contributed by atoms with Crippen LogP contribution >= 0.6 is 0 Å². The van der Waals surface area contributed by atoms with Crippen LogP contribution in [0.25, 0.3) is 0 Å². The second kappa shape index (κ2) is 7.63.